The first-order valence-electron chi connectivity index (χ1n) is 15.0. The van der Waals surface area contributed by atoms with Crippen molar-refractivity contribution in [2.45, 2.75) is 58.1 Å². The summed E-state index contributed by atoms with van der Waals surface area (Å²) < 4.78 is 0. The first-order chi connectivity index (χ1) is 20.5. The molecule has 2 saturated heterocycles. The minimum Gasteiger partial charge on any atom is -0.383 e. The first-order valence-corrected chi connectivity index (χ1v) is 16.0. The molecule has 0 bridgehead atoms. The molecule has 2 fully saturated rings. The molecule has 0 radical (unpaired) electrons. The van der Waals surface area contributed by atoms with Crippen molar-refractivity contribution in [3.05, 3.63) is 52.9 Å². The van der Waals surface area contributed by atoms with Crippen LogP contribution in [0.1, 0.15) is 66.1 Å². The Morgan fingerprint density at radius 3 is 2.42 bits per heavy atom. The van der Waals surface area contributed by atoms with Crippen LogP contribution in [0.15, 0.2) is 47.4 Å². The number of likely N-dealkylation sites (tertiary alicyclic amines) is 2. The van der Waals surface area contributed by atoms with Gasteiger partial charge in [0.1, 0.15) is 5.25 Å². The number of carbonyl (C=O) groups excluding carboxylic acids is 3. The summed E-state index contributed by atoms with van der Waals surface area (Å²) in [4.78, 5) is 42.2. The summed E-state index contributed by atoms with van der Waals surface area (Å²) in [6, 6.07) is 13.7. The molecule has 0 aliphatic carbocycles. The molecular weight excluding hydrogens is 560 g/mol. The van der Waals surface area contributed by atoms with E-state index >= 15 is 0 Å². The van der Waals surface area contributed by atoms with Gasteiger partial charge >= 0.3 is 0 Å². The topological polar surface area (TPSA) is 118 Å². The van der Waals surface area contributed by atoms with E-state index in [-0.39, 0.29) is 34.4 Å². The predicted octanol–water partition coefficient (Wildman–Crippen LogP) is 5.25. The molecule has 2 aliphatic heterocycles. The molecule has 236 valence electrons. The van der Waals surface area contributed by atoms with Gasteiger partial charge in [0.2, 0.25) is 11.8 Å². The van der Waals surface area contributed by atoms with Gasteiger partial charge in [-0.05, 0) is 86.1 Å². The lowest BCUT2D eigenvalue weighted by atomic mass is 10.1. The number of carbonyl (C=O) groups is 3. The average molecular weight is 611 g/mol. The van der Waals surface area contributed by atoms with Crippen LogP contribution >= 0.6 is 11.8 Å². The van der Waals surface area contributed by atoms with E-state index in [9.17, 15) is 19.6 Å². The molecule has 43 heavy (non-hydrogen) atoms. The smallest absolute Gasteiger partial charge is 0.251 e. The van der Waals surface area contributed by atoms with E-state index in [1.54, 1.807) is 10.3 Å². The second kappa shape index (κ2) is 17.5. The molecule has 3 N–H and O–H groups in total. The fourth-order valence-corrected chi connectivity index (χ4v) is 6.17. The van der Waals surface area contributed by atoms with Crippen molar-refractivity contribution in [3.8, 4) is 6.07 Å². The molecule has 10 heteroatoms. The van der Waals surface area contributed by atoms with Gasteiger partial charge in [-0.15, -0.1) is 11.8 Å². The molecule has 9 nitrogen and oxygen atoms in total. The van der Waals surface area contributed by atoms with E-state index in [4.69, 9.17) is 0 Å². The second-order valence-corrected chi connectivity index (χ2v) is 11.9. The van der Waals surface area contributed by atoms with Gasteiger partial charge < -0.3 is 25.8 Å². The number of piperidine rings is 1. The summed E-state index contributed by atoms with van der Waals surface area (Å²) in [5.74, 6) is -0.237. The highest BCUT2D eigenvalue weighted by Crippen LogP contribution is 2.23. The predicted molar refractivity (Wildman–Crippen MR) is 180 cm³/mol. The Bertz CT molecular complexity index is 1320. The number of rotatable bonds is 13. The zero-order chi connectivity index (χ0) is 29.7. The average Bonchev–Trinajstić information content (AvgIpc) is 3.56. The Hall–Kier alpha value is -3.55. The maximum Gasteiger partial charge on any atom is 0.251 e. The Balaban J connectivity index is 0.00000337. The highest BCUT2D eigenvalue weighted by atomic mass is 32.2. The van der Waals surface area contributed by atoms with Gasteiger partial charge in [0.25, 0.3) is 5.91 Å². The van der Waals surface area contributed by atoms with Crippen molar-refractivity contribution >= 4 is 45.9 Å². The van der Waals surface area contributed by atoms with E-state index in [0.717, 1.165) is 62.0 Å². The highest BCUT2D eigenvalue weighted by Gasteiger charge is 2.21. The second-order valence-electron chi connectivity index (χ2n) is 10.9. The highest BCUT2D eigenvalue weighted by molar-refractivity contribution is 8.03. The number of amides is 3. The third kappa shape index (κ3) is 10.3. The molecule has 3 amide bonds. The molecule has 1 atom stereocenters. The normalized spacial score (nSPS) is 16.2. The quantitative estimate of drug-likeness (QED) is 0.265. The first kappa shape index (κ1) is 33.9. The molecule has 0 spiro atoms. The van der Waals surface area contributed by atoms with Crippen molar-refractivity contribution in [2.75, 3.05) is 57.7 Å². The van der Waals surface area contributed by atoms with Crippen LogP contribution in [0.5, 0.6) is 0 Å². The summed E-state index contributed by atoms with van der Waals surface area (Å²) in [6.07, 6.45) is 5.83. The zero-order valence-corrected chi connectivity index (χ0v) is 25.3. The van der Waals surface area contributed by atoms with Gasteiger partial charge in [-0.1, -0.05) is 26.0 Å². The van der Waals surface area contributed by atoms with Crippen LogP contribution in [0.2, 0.25) is 0 Å². The van der Waals surface area contributed by atoms with Crippen molar-refractivity contribution in [2.24, 2.45) is 0 Å². The van der Waals surface area contributed by atoms with Crippen molar-refractivity contribution < 1.29 is 17.2 Å². The maximum absolute atomic E-state index is 12.8. The van der Waals surface area contributed by atoms with E-state index in [2.05, 4.69) is 26.9 Å². The van der Waals surface area contributed by atoms with Crippen LogP contribution in [-0.4, -0.2) is 85.1 Å². The number of hydrogen-bond acceptors (Lipinski definition) is 7. The van der Waals surface area contributed by atoms with E-state index in [1.165, 1.54) is 31.0 Å². The van der Waals surface area contributed by atoms with Crippen molar-refractivity contribution in [1.29, 1.82) is 5.26 Å². The monoisotopic (exact) mass is 610 g/mol. The molecule has 2 aliphatic rings. The van der Waals surface area contributed by atoms with Crippen LogP contribution in [0, 0.1) is 11.3 Å². The summed E-state index contributed by atoms with van der Waals surface area (Å²) in [7, 11) is 0. The summed E-state index contributed by atoms with van der Waals surface area (Å²) in [5, 5.41) is 21.9. The van der Waals surface area contributed by atoms with E-state index in [1.807, 2.05) is 43.3 Å². The number of nitriles is 1. The third-order valence-electron chi connectivity index (χ3n) is 7.72. The molecule has 0 saturated carbocycles. The summed E-state index contributed by atoms with van der Waals surface area (Å²) >= 11 is 1.25. The Morgan fingerprint density at radius 2 is 1.70 bits per heavy atom. The number of fused-ring (bicyclic) bond motifs is 1. The minimum absolute atomic E-state index is 0. The molecule has 0 aromatic heterocycles. The largest absolute Gasteiger partial charge is 0.383 e. The standard InChI is InChI=1S/C32H42N6O3S.CH4.2H2/c1-2-34-32(41)29(42-23-24(21-33)18-30(39)38-15-6-7-16-38)22-36-28-11-10-25-19-27(9-8-26(25)20-28)31(40)35-12-17-37-13-4-3-5-14-37;;;/h8-11,19-20,23,29,36H,2-7,12-18,22H2,1H3,(H,34,41)(H,35,40);1H4;2*1H/b24-23+;;;. The molecule has 2 aromatic rings. The van der Waals surface area contributed by atoms with Crippen LogP contribution in [0.25, 0.3) is 10.8 Å². The van der Waals surface area contributed by atoms with Crippen LogP contribution < -0.4 is 16.0 Å². The van der Waals surface area contributed by atoms with Crippen LogP contribution in [0.4, 0.5) is 5.69 Å². The van der Waals surface area contributed by atoms with Gasteiger partial charge in [0.05, 0.1) is 12.5 Å². The number of thioether (sulfide) groups is 1. The van der Waals surface area contributed by atoms with Crippen LogP contribution in [0.3, 0.4) is 0 Å². The maximum atomic E-state index is 12.8. The molecule has 2 aromatic carbocycles. The van der Waals surface area contributed by atoms with Gasteiger partial charge in [0, 0.05) is 58.9 Å². The number of anilines is 1. The van der Waals surface area contributed by atoms with Crippen molar-refractivity contribution in [1.82, 2.24) is 20.4 Å². The van der Waals surface area contributed by atoms with Crippen molar-refractivity contribution in [3.63, 3.8) is 0 Å². The molecule has 1 unspecified atom stereocenters. The Labute approximate surface area is 263 Å². The number of nitrogens with one attached hydrogen (secondary N) is 3. The summed E-state index contributed by atoms with van der Waals surface area (Å²) in [6.45, 7) is 7.95. The Morgan fingerprint density at radius 1 is 1.00 bits per heavy atom. The third-order valence-corrected chi connectivity index (χ3v) is 8.85. The van der Waals surface area contributed by atoms with Crippen LogP contribution in [-0.2, 0) is 9.59 Å². The minimum atomic E-state index is -0.484. The van der Waals surface area contributed by atoms with Gasteiger partial charge in [-0.3, -0.25) is 14.4 Å². The molecule has 2 heterocycles. The lowest BCUT2D eigenvalue weighted by molar-refractivity contribution is -0.129. The Kier molecular flexibility index (Phi) is 13.8. The number of nitrogens with zero attached hydrogens (tertiary/aromatic N) is 3. The lowest BCUT2D eigenvalue weighted by Crippen LogP contribution is -2.37. The molecular formula is C33H50N6O3S. The van der Waals surface area contributed by atoms with E-state index < -0.39 is 5.25 Å². The zero-order valence-electron chi connectivity index (χ0n) is 24.5. The fraction of sp³-hybridized carbons (Fsp3) is 0.515. The van der Waals surface area contributed by atoms with Gasteiger partial charge in [-0.2, -0.15) is 5.26 Å². The number of hydrogen-bond donors (Lipinski definition) is 3. The SMILES string of the molecule is C.CCNC(=O)C(CNc1ccc2cc(C(=O)NCCN3CCCCC3)ccc2c1)S/C=C(/C#N)CC(=O)N1CCCC1.[HH].[HH]. The van der Waals surface area contributed by atoms with Gasteiger partial charge in [-0.25, -0.2) is 0 Å². The summed E-state index contributed by atoms with van der Waals surface area (Å²) in [5.41, 5.74) is 1.85. The number of benzene rings is 2. The van der Waals surface area contributed by atoms with Gasteiger partial charge in [0.15, 0.2) is 0 Å². The fourth-order valence-electron chi connectivity index (χ4n) is 5.32. The lowest BCUT2D eigenvalue weighted by Gasteiger charge is -2.26. The van der Waals surface area contributed by atoms with E-state index in [0.29, 0.717) is 30.8 Å². The molecule has 4 rings (SSSR count).